The number of halogens is 1. The van der Waals surface area contributed by atoms with Gasteiger partial charge in [-0.2, -0.15) is 0 Å². The van der Waals surface area contributed by atoms with Crippen molar-refractivity contribution in [3.05, 3.63) is 59.9 Å². The van der Waals surface area contributed by atoms with Gasteiger partial charge < -0.3 is 15.7 Å². The minimum atomic E-state index is -0.661. The van der Waals surface area contributed by atoms with Crippen molar-refractivity contribution in [1.82, 2.24) is 10.3 Å². The molecule has 2 aromatic rings. The summed E-state index contributed by atoms with van der Waals surface area (Å²) >= 11 is 5.56. The number of amides is 1. The molecule has 5 nitrogen and oxygen atoms in total. The third-order valence-electron chi connectivity index (χ3n) is 3.03. The van der Waals surface area contributed by atoms with Crippen LogP contribution in [0.2, 0.25) is 0 Å². The lowest BCUT2D eigenvalue weighted by atomic mass is 10.1. The number of aliphatic hydroxyl groups is 1. The Morgan fingerprint density at radius 1 is 1.23 bits per heavy atom. The Kier molecular flexibility index (Phi) is 6.18. The Hall–Kier alpha value is -2.11. The molecule has 0 aliphatic rings. The highest BCUT2D eigenvalue weighted by Gasteiger charge is 2.11. The van der Waals surface area contributed by atoms with Crippen molar-refractivity contribution in [1.29, 1.82) is 0 Å². The molecule has 0 bridgehead atoms. The number of pyridine rings is 1. The van der Waals surface area contributed by atoms with Crippen molar-refractivity contribution in [3.8, 4) is 0 Å². The molecule has 1 atom stereocenters. The minimum Gasteiger partial charge on any atom is -0.390 e. The zero-order chi connectivity index (χ0) is 15.8. The Bertz CT molecular complexity index is 607. The number of hydrogen-bond acceptors (Lipinski definition) is 4. The van der Waals surface area contributed by atoms with E-state index in [9.17, 15) is 9.90 Å². The molecule has 1 heterocycles. The summed E-state index contributed by atoms with van der Waals surface area (Å²) in [5.41, 5.74) is 1.96. The van der Waals surface area contributed by atoms with Crippen molar-refractivity contribution in [2.24, 2.45) is 0 Å². The second kappa shape index (κ2) is 8.36. The van der Waals surface area contributed by atoms with Crippen LogP contribution in [0.15, 0.2) is 48.7 Å². The summed E-state index contributed by atoms with van der Waals surface area (Å²) in [6, 6.07) is 12.7. The predicted molar refractivity (Wildman–Crippen MR) is 87.1 cm³/mol. The molecule has 0 radical (unpaired) electrons. The van der Waals surface area contributed by atoms with Crippen molar-refractivity contribution < 1.29 is 9.90 Å². The molecule has 2 rings (SSSR count). The first-order valence-corrected chi connectivity index (χ1v) is 7.49. The molecule has 1 unspecified atom stereocenters. The van der Waals surface area contributed by atoms with E-state index in [0.717, 1.165) is 5.69 Å². The normalized spacial score (nSPS) is 11.7. The monoisotopic (exact) mass is 319 g/mol. The van der Waals surface area contributed by atoms with Gasteiger partial charge in [-0.3, -0.25) is 9.78 Å². The largest absolute Gasteiger partial charge is 0.390 e. The Morgan fingerprint density at radius 2 is 2.00 bits per heavy atom. The van der Waals surface area contributed by atoms with E-state index in [-0.39, 0.29) is 18.3 Å². The van der Waals surface area contributed by atoms with Crippen LogP contribution in [0, 0.1) is 0 Å². The number of para-hydroxylation sites is 1. The average molecular weight is 320 g/mol. The predicted octanol–water partition coefficient (Wildman–Crippen LogP) is 2.02. The molecule has 0 saturated carbocycles. The molecule has 3 N–H and O–H groups in total. The van der Waals surface area contributed by atoms with Gasteiger partial charge in [-0.15, -0.1) is 11.6 Å². The number of alkyl halides is 1. The first kappa shape index (κ1) is 16.3. The van der Waals surface area contributed by atoms with Gasteiger partial charge in [0, 0.05) is 18.4 Å². The second-order valence-electron chi connectivity index (χ2n) is 4.74. The maximum absolute atomic E-state index is 12.3. The fourth-order valence-electron chi connectivity index (χ4n) is 1.89. The molecular weight excluding hydrogens is 302 g/mol. The van der Waals surface area contributed by atoms with Gasteiger partial charge in [0.1, 0.15) is 0 Å². The standard InChI is InChI=1S/C16H18ClN3O2/c17-9-13(21)11-19-15-7-2-1-6-14(15)16(22)20-10-12-5-3-4-8-18-12/h1-8,13,19,21H,9-11H2,(H,20,22). The van der Waals surface area contributed by atoms with Gasteiger partial charge in [-0.1, -0.05) is 18.2 Å². The quantitative estimate of drug-likeness (QED) is 0.683. The summed E-state index contributed by atoms with van der Waals surface area (Å²) < 4.78 is 0. The van der Waals surface area contributed by atoms with Gasteiger partial charge >= 0.3 is 0 Å². The van der Waals surface area contributed by atoms with E-state index in [2.05, 4.69) is 15.6 Å². The number of aliphatic hydroxyl groups excluding tert-OH is 1. The molecule has 1 amide bonds. The highest BCUT2D eigenvalue weighted by molar-refractivity contribution is 6.18. The number of nitrogens with zero attached hydrogens (tertiary/aromatic N) is 1. The molecule has 1 aromatic heterocycles. The number of anilines is 1. The zero-order valence-electron chi connectivity index (χ0n) is 12.0. The van der Waals surface area contributed by atoms with Crippen LogP contribution in [0.4, 0.5) is 5.69 Å². The van der Waals surface area contributed by atoms with Gasteiger partial charge in [0.2, 0.25) is 0 Å². The van der Waals surface area contributed by atoms with E-state index >= 15 is 0 Å². The molecule has 22 heavy (non-hydrogen) atoms. The average Bonchev–Trinajstić information content (AvgIpc) is 2.58. The maximum atomic E-state index is 12.3. The van der Waals surface area contributed by atoms with Gasteiger partial charge in [0.25, 0.3) is 5.91 Å². The van der Waals surface area contributed by atoms with Crippen molar-refractivity contribution in [2.75, 3.05) is 17.7 Å². The van der Waals surface area contributed by atoms with Crippen molar-refractivity contribution in [3.63, 3.8) is 0 Å². The minimum absolute atomic E-state index is 0.140. The van der Waals surface area contributed by atoms with Gasteiger partial charge in [-0.25, -0.2) is 0 Å². The topological polar surface area (TPSA) is 74.2 Å². The van der Waals surface area contributed by atoms with Gasteiger partial charge in [0.05, 0.1) is 29.8 Å². The van der Waals surface area contributed by atoms with Crippen LogP contribution in [0.5, 0.6) is 0 Å². The van der Waals surface area contributed by atoms with E-state index in [1.807, 2.05) is 24.3 Å². The Balaban J connectivity index is 1.99. The van der Waals surface area contributed by atoms with Gasteiger partial charge in [-0.05, 0) is 24.3 Å². The van der Waals surface area contributed by atoms with E-state index in [1.54, 1.807) is 24.4 Å². The molecule has 0 saturated heterocycles. The summed E-state index contributed by atoms with van der Waals surface area (Å²) in [6.45, 7) is 0.645. The fourth-order valence-corrected chi connectivity index (χ4v) is 2.00. The molecule has 0 aliphatic heterocycles. The molecule has 6 heteroatoms. The number of carbonyl (C=O) groups excluding carboxylic acids is 1. The Morgan fingerprint density at radius 3 is 2.73 bits per heavy atom. The van der Waals surface area contributed by atoms with Crippen LogP contribution in [-0.4, -0.2) is 34.5 Å². The first-order valence-electron chi connectivity index (χ1n) is 6.95. The van der Waals surface area contributed by atoms with Crippen LogP contribution in [0.25, 0.3) is 0 Å². The van der Waals surface area contributed by atoms with Crippen LogP contribution in [0.1, 0.15) is 16.1 Å². The van der Waals surface area contributed by atoms with E-state index < -0.39 is 6.10 Å². The number of hydrogen-bond donors (Lipinski definition) is 3. The summed E-state index contributed by atoms with van der Waals surface area (Å²) in [4.78, 5) is 16.4. The van der Waals surface area contributed by atoms with Crippen LogP contribution in [-0.2, 0) is 6.54 Å². The van der Waals surface area contributed by atoms with E-state index in [0.29, 0.717) is 17.8 Å². The molecule has 0 fully saturated rings. The van der Waals surface area contributed by atoms with Crippen LogP contribution in [0.3, 0.4) is 0 Å². The fraction of sp³-hybridized carbons (Fsp3) is 0.250. The summed E-state index contributed by atoms with van der Waals surface area (Å²) in [6.07, 6.45) is 1.02. The summed E-state index contributed by atoms with van der Waals surface area (Å²) in [7, 11) is 0. The third kappa shape index (κ3) is 4.72. The summed E-state index contributed by atoms with van der Waals surface area (Å²) in [5, 5.41) is 15.4. The smallest absolute Gasteiger partial charge is 0.253 e. The van der Waals surface area contributed by atoms with Crippen LogP contribution < -0.4 is 10.6 Å². The SMILES string of the molecule is O=C(NCc1ccccn1)c1ccccc1NCC(O)CCl. The number of aromatic nitrogens is 1. The lowest BCUT2D eigenvalue weighted by Gasteiger charge is -2.14. The number of rotatable bonds is 7. The molecule has 1 aromatic carbocycles. The van der Waals surface area contributed by atoms with E-state index in [4.69, 9.17) is 11.6 Å². The molecular formula is C16H18ClN3O2. The number of carbonyl (C=O) groups is 1. The maximum Gasteiger partial charge on any atom is 0.253 e. The Labute approximate surface area is 134 Å². The molecule has 0 spiro atoms. The highest BCUT2D eigenvalue weighted by Crippen LogP contribution is 2.15. The van der Waals surface area contributed by atoms with Crippen molar-refractivity contribution in [2.45, 2.75) is 12.6 Å². The first-order chi connectivity index (χ1) is 10.7. The third-order valence-corrected chi connectivity index (χ3v) is 3.39. The second-order valence-corrected chi connectivity index (χ2v) is 5.05. The number of nitrogens with one attached hydrogen (secondary N) is 2. The zero-order valence-corrected chi connectivity index (χ0v) is 12.8. The summed E-state index contributed by atoms with van der Waals surface area (Å²) in [5.74, 6) is -0.0600. The molecule has 0 aliphatic carbocycles. The van der Waals surface area contributed by atoms with Crippen molar-refractivity contribution >= 4 is 23.2 Å². The van der Waals surface area contributed by atoms with Gasteiger partial charge in [0.15, 0.2) is 0 Å². The molecule has 116 valence electrons. The lowest BCUT2D eigenvalue weighted by molar-refractivity contribution is 0.0951. The lowest BCUT2D eigenvalue weighted by Crippen LogP contribution is -2.26. The highest BCUT2D eigenvalue weighted by atomic mass is 35.5. The number of benzene rings is 1. The van der Waals surface area contributed by atoms with E-state index in [1.165, 1.54) is 0 Å². The van der Waals surface area contributed by atoms with Crippen LogP contribution >= 0.6 is 11.6 Å².